The van der Waals surface area contributed by atoms with Gasteiger partial charge in [-0.15, -0.1) is 0 Å². The molecule has 100 valence electrons. The van der Waals surface area contributed by atoms with E-state index in [0.29, 0.717) is 35.0 Å². The van der Waals surface area contributed by atoms with Crippen molar-refractivity contribution in [3.8, 4) is 0 Å². The molecule has 1 amide bonds. The molecule has 1 aliphatic rings. The molecule has 1 aromatic heterocycles. The van der Waals surface area contributed by atoms with Crippen LogP contribution in [0.5, 0.6) is 0 Å². The first kappa shape index (κ1) is 13.1. The average Bonchev–Trinajstić information content (AvgIpc) is 3.12. The smallest absolute Gasteiger partial charge is 0.268 e. The second kappa shape index (κ2) is 5.53. The van der Waals surface area contributed by atoms with Gasteiger partial charge in [0.2, 0.25) is 0 Å². The first-order valence-corrected chi connectivity index (χ1v) is 6.73. The standard InChI is InChI=1S/C11H18N4O2S/c1-13-11-14-9(12)8(18-11)10(16)15(5-6-17-2)7-3-4-7/h7H,3-6,12H2,1-2H3,(H,13,14). The number of hydrogen-bond donors (Lipinski definition) is 2. The van der Waals surface area contributed by atoms with Crippen LogP contribution < -0.4 is 11.1 Å². The van der Waals surface area contributed by atoms with E-state index in [1.165, 1.54) is 11.3 Å². The van der Waals surface area contributed by atoms with Gasteiger partial charge in [0, 0.05) is 26.7 Å². The summed E-state index contributed by atoms with van der Waals surface area (Å²) in [5.74, 6) is 0.267. The van der Waals surface area contributed by atoms with Gasteiger partial charge in [-0.3, -0.25) is 4.79 Å². The third kappa shape index (κ3) is 2.73. The molecule has 1 fully saturated rings. The van der Waals surface area contributed by atoms with Gasteiger partial charge in [-0.1, -0.05) is 11.3 Å². The van der Waals surface area contributed by atoms with E-state index in [2.05, 4.69) is 10.3 Å². The van der Waals surface area contributed by atoms with Crippen LogP contribution in [-0.2, 0) is 4.74 Å². The first-order valence-electron chi connectivity index (χ1n) is 5.91. The highest BCUT2D eigenvalue weighted by molar-refractivity contribution is 7.18. The van der Waals surface area contributed by atoms with Crippen LogP contribution in [0.2, 0.25) is 0 Å². The summed E-state index contributed by atoms with van der Waals surface area (Å²) in [6, 6.07) is 0.340. The SMILES string of the molecule is CNc1nc(N)c(C(=O)N(CCOC)C2CC2)s1. The lowest BCUT2D eigenvalue weighted by Crippen LogP contribution is -2.35. The fraction of sp³-hybridized carbons (Fsp3) is 0.636. The van der Waals surface area contributed by atoms with E-state index >= 15 is 0 Å². The molecule has 1 saturated carbocycles. The summed E-state index contributed by atoms with van der Waals surface area (Å²) in [6.45, 7) is 1.14. The minimum atomic E-state index is -0.0361. The minimum absolute atomic E-state index is 0.0361. The molecule has 0 unspecified atom stereocenters. The van der Waals surface area contributed by atoms with E-state index in [9.17, 15) is 4.79 Å². The highest BCUT2D eigenvalue weighted by atomic mass is 32.1. The normalized spacial score (nSPS) is 14.6. The lowest BCUT2D eigenvalue weighted by molar-refractivity contribution is 0.0685. The van der Waals surface area contributed by atoms with Crippen molar-refractivity contribution in [1.29, 1.82) is 0 Å². The van der Waals surface area contributed by atoms with Gasteiger partial charge in [-0.2, -0.15) is 0 Å². The number of thiazole rings is 1. The van der Waals surface area contributed by atoms with Crippen LogP contribution in [0, 0.1) is 0 Å². The average molecular weight is 270 g/mol. The molecule has 2 rings (SSSR count). The molecule has 6 nitrogen and oxygen atoms in total. The van der Waals surface area contributed by atoms with Crippen molar-refractivity contribution in [3.05, 3.63) is 4.88 Å². The number of ether oxygens (including phenoxy) is 1. The van der Waals surface area contributed by atoms with Crippen molar-refractivity contribution in [1.82, 2.24) is 9.88 Å². The summed E-state index contributed by atoms with van der Waals surface area (Å²) in [6.07, 6.45) is 2.13. The van der Waals surface area contributed by atoms with Crippen LogP contribution in [-0.4, -0.2) is 49.1 Å². The molecule has 0 spiro atoms. The molecule has 1 aliphatic carbocycles. The molecule has 0 radical (unpaired) electrons. The lowest BCUT2D eigenvalue weighted by atomic mass is 10.3. The number of carbonyl (C=O) groups excluding carboxylic acids is 1. The lowest BCUT2D eigenvalue weighted by Gasteiger charge is -2.21. The topological polar surface area (TPSA) is 80.5 Å². The number of nitrogens with zero attached hydrogens (tertiary/aromatic N) is 2. The maximum absolute atomic E-state index is 12.4. The van der Waals surface area contributed by atoms with E-state index in [-0.39, 0.29) is 5.91 Å². The Morgan fingerprint density at radius 3 is 2.89 bits per heavy atom. The Kier molecular flexibility index (Phi) is 4.03. The molecule has 0 atom stereocenters. The zero-order chi connectivity index (χ0) is 13.1. The zero-order valence-corrected chi connectivity index (χ0v) is 11.4. The first-order chi connectivity index (χ1) is 8.67. The number of amides is 1. The summed E-state index contributed by atoms with van der Waals surface area (Å²) in [7, 11) is 3.39. The molecule has 1 heterocycles. The Hall–Kier alpha value is -1.34. The number of anilines is 2. The largest absolute Gasteiger partial charge is 0.383 e. The van der Waals surface area contributed by atoms with Crippen molar-refractivity contribution in [3.63, 3.8) is 0 Å². The van der Waals surface area contributed by atoms with Gasteiger partial charge in [0.15, 0.2) is 5.13 Å². The van der Waals surface area contributed by atoms with Crippen molar-refractivity contribution in [2.75, 3.05) is 38.4 Å². The fourth-order valence-corrected chi connectivity index (χ4v) is 2.54. The molecular weight excluding hydrogens is 252 g/mol. The monoisotopic (exact) mass is 270 g/mol. The predicted octanol–water partition coefficient (Wildman–Crippen LogP) is 1.02. The summed E-state index contributed by atoms with van der Waals surface area (Å²) in [4.78, 5) is 18.9. The van der Waals surface area contributed by atoms with Gasteiger partial charge < -0.3 is 20.7 Å². The summed E-state index contributed by atoms with van der Waals surface area (Å²) in [5, 5.41) is 3.57. The molecule has 3 N–H and O–H groups in total. The Balaban J connectivity index is 2.13. The fourth-order valence-electron chi connectivity index (χ4n) is 1.75. The molecule has 0 aliphatic heterocycles. The predicted molar refractivity (Wildman–Crippen MR) is 72.0 cm³/mol. The van der Waals surface area contributed by atoms with Gasteiger partial charge in [0.1, 0.15) is 10.7 Å². The van der Waals surface area contributed by atoms with Crippen molar-refractivity contribution in [2.24, 2.45) is 0 Å². The van der Waals surface area contributed by atoms with Crippen LogP contribution in [0.4, 0.5) is 10.9 Å². The molecule has 0 bridgehead atoms. The van der Waals surface area contributed by atoms with E-state index in [1.54, 1.807) is 14.2 Å². The van der Waals surface area contributed by atoms with E-state index in [4.69, 9.17) is 10.5 Å². The van der Waals surface area contributed by atoms with E-state index in [1.807, 2.05) is 4.90 Å². The van der Waals surface area contributed by atoms with E-state index in [0.717, 1.165) is 12.8 Å². The van der Waals surface area contributed by atoms with Gasteiger partial charge in [-0.05, 0) is 12.8 Å². The van der Waals surface area contributed by atoms with E-state index < -0.39 is 0 Å². The maximum atomic E-state index is 12.4. The van der Waals surface area contributed by atoms with Crippen molar-refractivity contribution < 1.29 is 9.53 Å². The van der Waals surface area contributed by atoms with Gasteiger partial charge in [0.05, 0.1) is 6.61 Å². The Bertz CT molecular complexity index is 431. The second-order valence-corrected chi connectivity index (χ2v) is 5.20. The van der Waals surface area contributed by atoms with Crippen LogP contribution in [0.15, 0.2) is 0 Å². The number of rotatable bonds is 6. The number of aromatic nitrogens is 1. The number of hydrogen-bond acceptors (Lipinski definition) is 6. The van der Waals surface area contributed by atoms with Crippen LogP contribution in [0.25, 0.3) is 0 Å². The maximum Gasteiger partial charge on any atom is 0.268 e. The quantitative estimate of drug-likeness (QED) is 0.806. The Labute approximate surface area is 110 Å². The highest BCUT2D eigenvalue weighted by Crippen LogP contribution is 2.32. The van der Waals surface area contributed by atoms with Crippen molar-refractivity contribution in [2.45, 2.75) is 18.9 Å². The van der Waals surface area contributed by atoms with Gasteiger partial charge >= 0.3 is 0 Å². The molecule has 7 heteroatoms. The number of nitrogen functional groups attached to an aromatic ring is 1. The Morgan fingerprint density at radius 1 is 1.67 bits per heavy atom. The Morgan fingerprint density at radius 2 is 2.39 bits per heavy atom. The molecular formula is C11H18N4O2S. The van der Waals surface area contributed by atoms with Crippen molar-refractivity contribution >= 4 is 28.2 Å². The third-order valence-corrected chi connectivity index (χ3v) is 3.92. The molecule has 0 aromatic carbocycles. The molecule has 18 heavy (non-hydrogen) atoms. The number of carbonyl (C=O) groups is 1. The van der Waals surface area contributed by atoms with Gasteiger partial charge in [0.25, 0.3) is 5.91 Å². The minimum Gasteiger partial charge on any atom is -0.383 e. The zero-order valence-electron chi connectivity index (χ0n) is 10.6. The van der Waals surface area contributed by atoms with Crippen LogP contribution in [0.3, 0.4) is 0 Å². The number of methoxy groups -OCH3 is 1. The molecule has 0 saturated heterocycles. The van der Waals surface area contributed by atoms with Gasteiger partial charge in [-0.25, -0.2) is 4.98 Å². The summed E-state index contributed by atoms with van der Waals surface area (Å²) < 4.78 is 5.04. The van der Waals surface area contributed by atoms with Crippen LogP contribution >= 0.6 is 11.3 Å². The number of nitrogens with one attached hydrogen (secondary N) is 1. The highest BCUT2D eigenvalue weighted by Gasteiger charge is 2.34. The molecule has 1 aromatic rings. The second-order valence-electron chi connectivity index (χ2n) is 4.21. The van der Waals surface area contributed by atoms with Crippen LogP contribution in [0.1, 0.15) is 22.5 Å². The number of nitrogens with two attached hydrogens (primary N) is 1. The summed E-state index contributed by atoms with van der Waals surface area (Å²) in [5.41, 5.74) is 5.79. The summed E-state index contributed by atoms with van der Waals surface area (Å²) >= 11 is 1.30. The third-order valence-electron chi connectivity index (χ3n) is 2.85.